The maximum Gasteiger partial charge on any atom is 0.481 e. The van der Waals surface area contributed by atoms with Crippen molar-refractivity contribution in [1.82, 2.24) is 9.55 Å². The molecule has 1 aromatic heterocycles. The Balaban J connectivity index is 1.41. The summed E-state index contributed by atoms with van der Waals surface area (Å²) in [7, 11) is -10.9. The standard InChI is InChI=1S/C51H87N3O16P2/c1-4-5-6-7-8-9-10-15-18-21-24-27-31-42-43(68-42)32-29-34-47(56)67-41(37-64-46(55)33-28-25-22-19-16-13-11-12-14-17-20-23-26-30-40(2)3)38-65-71(60,61)70-72(62,63)66-39-44-48(57)49(58)50(69-44)54-36-35-45(52)53-51(54)59/h8-9,15,18,24,27,35-36,40-44,48-50,57-58H,4-7,10-14,16-17,19-23,25-26,28-34,37-39H2,1-3H3,(H,60,61)(H,62,63)(H2,52,53,59)/b9-8-,18-15-,27-24-/t41-,42?,43?,44-,48-,49-,50-/m1/s1. The number of carbonyl (C=O) groups is 2. The Morgan fingerprint density at radius 1 is 0.736 bits per heavy atom. The molecular formula is C51H87N3O16P2. The summed E-state index contributed by atoms with van der Waals surface area (Å²) < 4.78 is 62.7. The van der Waals surface area contributed by atoms with E-state index in [9.17, 15) is 43.5 Å². The molecule has 0 bridgehead atoms. The van der Waals surface area contributed by atoms with Gasteiger partial charge in [-0.2, -0.15) is 9.29 Å². The third kappa shape index (κ3) is 28.6. The molecule has 412 valence electrons. The van der Waals surface area contributed by atoms with Crippen LogP contribution in [0.25, 0.3) is 0 Å². The first-order chi connectivity index (χ1) is 34.5. The van der Waals surface area contributed by atoms with Gasteiger partial charge in [0.25, 0.3) is 0 Å². The van der Waals surface area contributed by atoms with Crippen molar-refractivity contribution < 1.29 is 71.0 Å². The Morgan fingerprint density at radius 3 is 1.97 bits per heavy atom. The first-order valence-electron chi connectivity index (χ1n) is 26.5. The monoisotopic (exact) mass is 1060 g/mol. The van der Waals surface area contributed by atoms with Crippen molar-refractivity contribution in [2.45, 2.75) is 224 Å². The number of nitrogens with zero attached hydrogens (tertiary/aromatic N) is 2. The third-order valence-corrected chi connectivity index (χ3v) is 14.9. The van der Waals surface area contributed by atoms with Crippen molar-refractivity contribution in [3.05, 3.63) is 59.2 Å². The number of hydrogen-bond acceptors (Lipinski definition) is 16. The number of ether oxygens (including phenoxy) is 4. The Morgan fingerprint density at radius 2 is 1.33 bits per heavy atom. The number of aliphatic hydroxyl groups excluding tert-OH is 2. The quantitative estimate of drug-likeness (QED) is 0.0134. The largest absolute Gasteiger partial charge is 0.481 e. The molecule has 3 heterocycles. The Kier molecular flexibility index (Phi) is 31.6. The molecule has 2 fully saturated rings. The second-order valence-electron chi connectivity index (χ2n) is 19.2. The molecule has 0 radical (unpaired) electrons. The smallest absolute Gasteiger partial charge is 0.462 e. The third-order valence-electron chi connectivity index (χ3n) is 12.3. The lowest BCUT2D eigenvalue weighted by Gasteiger charge is -2.21. The molecule has 19 nitrogen and oxygen atoms in total. The maximum absolute atomic E-state index is 13.0. The Bertz CT molecular complexity index is 1930. The lowest BCUT2D eigenvalue weighted by atomic mass is 10.0. The van der Waals surface area contributed by atoms with Crippen LogP contribution >= 0.6 is 15.6 Å². The maximum atomic E-state index is 13.0. The van der Waals surface area contributed by atoms with Crippen molar-refractivity contribution in [2.75, 3.05) is 25.6 Å². The molecule has 0 amide bonds. The van der Waals surface area contributed by atoms with E-state index < -0.39 is 83.7 Å². The zero-order valence-corrected chi connectivity index (χ0v) is 44.9. The van der Waals surface area contributed by atoms with Crippen LogP contribution in [0.3, 0.4) is 0 Å². The molecule has 0 saturated carbocycles. The van der Waals surface area contributed by atoms with Crippen LogP contribution in [0.1, 0.15) is 188 Å². The Labute approximate surface area is 427 Å². The van der Waals surface area contributed by atoms with Gasteiger partial charge in [0.15, 0.2) is 12.3 Å². The zero-order valence-electron chi connectivity index (χ0n) is 43.1. The van der Waals surface area contributed by atoms with Gasteiger partial charge in [-0.25, -0.2) is 13.9 Å². The summed E-state index contributed by atoms with van der Waals surface area (Å²) in [5.41, 5.74) is 4.59. The van der Waals surface area contributed by atoms with Crippen molar-refractivity contribution in [3.63, 3.8) is 0 Å². The van der Waals surface area contributed by atoms with E-state index in [1.807, 2.05) is 0 Å². The molecule has 6 N–H and O–H groups in total. The molecule has 1 aromatic rings. The average molecular weight is 1060 g/mol. The van der Waals surface area contributed by atoms with E-state index in [0.717, 1.165) is 68.0 Å². The number of rotatable bonds is 42. The van der Waals surface area contributed by atoms with Crippen LogP contribution in [-0.4, -0.2) is 97.9 Å². The number of hydrogen-bond donors (Lipinski definition) is 5. The van der Waals surface area contributed by atoms with Gasteiger partial charge in [-0.1, -0.05) is 154 Å². The summed E-state index contributed by atoms with van der Waals surface area (Å²) in [6.45, 7) is 4.39. The fourth-order valence-electron chi connectivity index (χ4n) is 8.11. The minimum absolute atomic E-state index is 0.00525. The topological polar surface area (TPSA) is 278 Å². The lowest BCUT2D eigenvalue weighted by molar-refractivity contribution is -0.161. The summed E-state index contributed by atoms with van der Waals surface area (Å²) >= 11 is 0. The molecule has 0 spiro atoms. The molecule has 2 saturated heterocycles. The average Bonchev–Trinajstić information content (AvgIpc) is 4.01. The number of nitrogens with two attached hydrogens (primary N) is 1. The van der Waals surface area contributed by atoms with Gasteiger partial charge in [0, 0.05) is 19.0 Å². The molecule has 21 heteroatoms. The summed E-state index contributed by atoms with van der Waals surface area (Å²) in [6.07, 6.45) is 31.0. The number of epoxide rings is 1. The molecule has 9 atom stereocenters. The zero-order chi connectivity index (χ0) is 52.6. The number of aromatic nitrogens is 2. The van der Waals surface area contributed by atoms with E-state index >= 15 is 0 Å². The number of aliphatic hydroxyl groups is 2. The predicted molar refractivity (Wildman–Crippen MR) is 274 cm³/mol. The van der Waals surface area contributed by atoms with Crippen LogP contribution in [0.5, 0.6) is 0 Å². The van der Waals surface area contributed by atoms with Gasteiger partial charge >= 0.3 is 33.3 Å². The minimum atomic E-state index is -5.44. The molecule has 0 aliphatic carbocycles. The van der Waals surface area contributed by atoms with Crippen LogP contribution in [0.2, 0.25) is 0 Å². The first kappa shape index (κ1) is 63.2. The van der Waals surface area contributed by atoms with E-state index in [1.165, 1.54) is 83.1 Å². The fraction of sp³-hybridized carbons (Fsp3) is 0.765. The summed E-state index contributed by atoms with van der Waals surface area (Å²) in [5.74, 6) is -0.585. The second kappa shape index (κ2) is 36.0. The van der Waals surface area contributed by atoms with E-state index in [2.05, 4.69) is 66.5 Å². The lowest BCUT2D eigenvalue weighted by Crippen LogP contribution is -2.36. The molecule has 0 aromatic carbocycles. The fourth-order valence-corrected chi connectivity index (χ4v) is 10.2. The van der Waals surface area contributed by atoms with Crippen LogP contribution in [0.4, 0.5) is 5.82 Å². The van der Waals surface area contributed by atoms with Crippen LogP contribution in [0, 0.1) is 5.92 Å². The van der Waals surface area contributed by atoms with Gasteiger partial charge in [0.2, 0.25) is 0 Å². The highest BCUT2D eigenvalue weighted by Gasteiger charge is 2.46. The number of allylic oxidation sites excluding steroid dienone is 5. The van der Waals surface area contributed by atoms with E-state index in [0.29, 0.717) is 19.3 Å². The summed E-state index contributed by atoms with van der Waals surface area (Å²) in [5, 5.41) is 20.9. The van der Waals surface area contributed by atoms with Crippen LogP contribution < -0.4 is 11.4 Å². The summed E-state index contributed by atoms with van der Waals surface area (Å²) in [4.78, 5) is 62.1. The number of esters is 2. The first-order valence-corrected chi connectivity index (χ1v) is 29.5. The highest BCUT2D eigenvalue weighted by Crippen LogP contribution is 2.60. The summed E-state index contributed by atoms with van der Waals surface area (Å²) in [6, 6.07) is 1.25. The number of phosphoric acid groups is 2. The van der Waals surface area contributed by atoms with Crippen molar-refractivity contribution >= 4 is 33.4 Å². The van der Waals surface area contributed by atoms with Gasteiger partial charge in [-0.15, -0.1) is 0 Å². The number of anilines is 1. The van der Waals surface area contributed by atoms with E-state index in [4.69, 9.17) is 33.7 Å². The minimum Gasteiger partial charge on any atom is -0.462 e. The van der Waals surface area contributed by atoms with Gasteiger partial charge in [0.1, 0.15) is 30.7 Å². The Hall–Kier alpha value is -3.06. The highest BCUT2D eigenvalue weighted by molar-refractivity contribution is 7.61. The van der Waals surface area contributed by atoms with Crippen LogP contribution in [-0.2, 0) is 51.0 Å². The van der Waals surface area contributed by atoms with Gasteiger partial charge in [0.05, 0.1) is 25.4 Å². The number of carbonyl (C=O) groups excluding carboxylic acids is 2. The number of nitrogen functional groups attached to an aromatic ring is 1. The van der Waals surface area contributed by atoms with Gasteiger partial charge < -0.3 is 44.7 Å². The van der Waals surface area contributed by atoms with Crippen LogP contribution in [0.15, 0.2) is 53.5 Å². The predicted octanol–water partition coefficient (Wildman–Crippen LogP) is 10.0. The SMILES string of the molecule is CCCCC/C=C\C/C=C\C/C=C\CC1OC1CCCC(=O)O[C@H](COC(=O)CCCCCCCCCCCCCCCC(C)C)COP(=O)(O)OP(=O)(O)OC[C@H]1O[C@@H](n2ccc(N)nc2=O)[C@H](O)[C@@H]1O. The van der Waals surface area contributed by atoms with E-state index in [1.54, 1.807) is 0 Å². The molecular weight excluding hydrogens is 973 g/mol. The molecule has 2 aliphatic rings. The normalized spacial score (nSPS) is 22.2. The van der Waals surface area contributed by atoms with Crippen molar-refractivity contribution in [1.29, 1.82) is 0 Å². The van der Waals surface area contributed by atoms with Crippen molar-refractivity contribution in [2.24, 2.45) is 5.92 Å². The van der Waals surface area contributed by atoms with E-state index in [-0.39, 0.29) is 30.9 Å². The number of phosphoric ester groups is 2. The van der Waals surface area contributed by atoms with Gasteiger partial charge in [-0.05, 0) is 63.4 Å². The van der Waals surface area contributed by atoms with Crippen molar-refractivity contribution in [3.8, 4) is 0 Å². The molecule has 72 heavy (non-hydrogen) atoms. The molecule has 2 aliphatic heterocycles. The molecule has 3 rings (SSSR count). The number of unbranched alkanes of at least 4 members (excludes halogenated alkanes) is 15. The van der Waals surface area contributed by atoms with Gasteiger partial charge in [-0.3, -0.25) is 23.2 Å². The second-order valence-corrected chi connectivity index (χ2v) is 22.3. The highest BCUT2D eigenvalue weighted by atomic mass is 31.3. The molecule has 4 unspecified atom stereocenters.